The smallest absolute Gasteiger partial charge is 0.160 e. The number of nitrogens with one attached hydrogen (secondary N) is 1. The van der Waals surface area contributed by atoms with Crippen LogP contribution in [0.3, 0.4) is 0 Å². The topological polar surface area (TPSA) is 67.3 Å². The van der Waals surface area contributed by atoms with Gasteiger partial charge in [-0.15, -0.1) is 0 Å². The number of hydrogen-bond donors (Lipinski definition) is 2. The Morgan fingerprint density at radius 2 is 2.00 bits per heavy atom. The van der Waals surface area contributed by atoms with Crippen molar-refractivity contribution in [2.24, 2.45) is 0 Å². The summed E-state index contributed by atoms with van der Waals surface area (Å²) in [5.41, 5.74) is 1.84. The molecule has 0 aliphatic rings. The van der Waals surface area contributed by atoms with Crippen molar-refractivity contribution in [3.8, 4) is 11.5 Å². The van der Waals surface area contributed by atoms with Gasteiger partial charge in [0.05, 0.1) is 12.6 Å². The van der Waals surface area contributed by atoms with E-state index in [0.29, 0.717) is 12.3 Å². The van der Waals surface area contributed by atoms with Gasteiger partial charge >= 0.3 is 0 Å². The SMILES string of the molecule is COc1ccc(CNc2ncnc3ccccc23)cc1O. The van der Waals surface area contributed by atoms with Gasteiger partial charge in [-0.25, -0.2) is 9.97 Å². The van der Waals surface area contributed by atoms with Gasteiger partial charge in [0.15, 0.2) is 11.5 Å². The number of fused-ring (bicyclic) bond motifs is 1. The van der Waals surface area contributed by atoms with Crippen LogP contribution in [-0.2, 0) is 6.54 Å². The predicted molar refractivity (Wildman–Crippen MR) is 81.5 cm³/mol. The molecule has 106 valence electrons. The maximum Gasteiger partial charge on any atom is 0.160 e. The molecule has 0 atom stereocenters. The Morgan fingerprint density at radius 3 is 2.81 bits per heavy atom. The lowest BCUT2D eigenvalue weighted by molar-refractivity contribution is 0.373. The highest BCUT2D eigenvalue weighted by Gasteiger charge is 2.05. The van der Waals surface area contributed by atoms with Crippen LogP contribution < -0.4 is 10.1 Å². The first-order valence-corrected chi connectivity index (χ1v) is 6.57. The number of ether oxygens (including phenoxy) is 1. The van der Waals surface area contributed by atoms with Crippen LogP contribution in [0.1, 0.15) is 5.56 Å². The van der Waals surface area contributed by atoms with Gasteiger partial charge in [0.25, 0.3) is 0 Å². The van der Waals surface area contributed by atoms with Gasteiger partial charge in [0.2, 0.25) is 0 Å². The fourth-order valence-electron chi connectivity index (χ4n) is 2.18. The number of aromatic nitrogens is 2. The van der Waals surface area contributed by atoms with Crippen LogP contribution in [0.15, 0.2) is 48.8 Å². The number of phenolic OH excluding ortho intramolecular Hbond substituents is 1. The highest BCUT2D eigenvalue weighted by molar-refractivity contribution is 5.88. The van der Waals surface area contributed by atoms with Crippen molar-refractivity contribution in [3.05, 3.63) is 54.4 Å². The summed E-state index contributed by atoms with van der Waals surface area (Å²) < 4.78 is 5.03. The van der Waals surface area contributed by atoms with Crippen LogP contribution in [0, 0.1) is 0 Å². The van der Waals surface area contributed by atoms with Crippen LogP contribution >= 0.6 is 0 Å². The summed E-state index contributed by atoms with van der Waals surface area (Å²) in [6.45, 7) is 0.554. The molecule has 5 nitrogen and oxygen atoms in total. The zero-order valence-electron chi connectivity index (χ0n) is 11.6. The van der Waals surface area contributed by atoms with Crippen molar-refractivity contribution < 1.29 is 9.84 Å². The van der Waals surface area contributed by atoms with Crippen molar-refractivity contribution in [1.82, 2.24) is 9.97 Å². The predicted octanol–water partition coefficient (Wildman–Crippen LogP) is 2.96. The normalized spacial score (nSPS) is 10.5. The molecule has 1 aromatic heterocycles. The van der Waals surface area contributed by atoms with Crippen LogP contribution in [0.4, 0.5) is 5.82 Å². The van der Waals surface area contributed by atoms with E-state index in [9.17, 15) is 5.11 Å². The van der Waals surface area contributed by atoms with Gasteiger partial charge in [-0.1, -0.05) is 18.2 Å². The molecule has 2 N–H and O–H groups in total. The molecule has 0 bridgehead atoms. The van der Waals surface area contributed by atoms with Gasteiger partial charge in [-0.3, -0.25) is 0 Å². The van der Waals surface area contributed by atoms with Crippen LogP contribution in [0.2, 0.25) is 0 Å². The Bertz CT molecular complexity index is 769. The van der Waals surface area contributed by atoms with Gasteiger partial charge in [0.1, 0.15) is 12.1 Å². The Morgan fingerprint density at radius 1 is 1.14 bits per heavy atom. The maximum atomic E-state index is 9.78. The molecule has 0 amide bonds. The molecule has 0 saturated heterocycles. The van der Waals surface area contributed by atoms with Crippen molar-refractivity contribution >= 4 is 16.7 Å². The monoisotopic (exact) mass is 281 g/mol. The second-order valence-electron chi connectivity index (χ2n) is 4.60. The minimum Gasteiger partial charge on any atom is -0.504 e. The van der Waals surface area contributed by atoms with Gasteiger partial charge < -0.3 is 15.2 Å². The summed E-state index contributed by atoms with van der Waals surface area (Å²) in [6, 6.07) is 13.1. The Labute approximate surface area is 122 Å². The van der Waals surface area contributed by atoms with Crippen molar-refractivity contribution in [2.75, 3.05) is 12.4 Å². The summed E-state index contributed by atoms with van der Waals surface area (Å²) in [4.78, 5) is 8.49. The lowest BCUT2D eigenvalue weighted by Crippen LogP contribution is -2.02. The molecule has 1 heterocycles. The molecular formula is C16H15N3O2. The molecule has 0 unspecified atom stereocenters. The second kappa shape index (κ2) is 5.66. The minimum atomic E-state index is 0.129. The largest absolute Gasteiger partial charge is 0.504 e. The molecule has 0 spiro atoms. The third kappa shape index (κ3) is 2.72. The molecule has 0 saturated carbocycles. The van der Waals surface area contributed by atoms with E-state index in [-0.39, 0.29) is 5.75 Å². The van der Waals surface area contributed by atoms with E-state index >= 15 is 0 Å². The van der Waals surface area contributed by atoms with E-state index in [2.05, 4.69) is 15.3 Å². The molecule has 2 aromatic carbocycles. The maximum absolute atomic E-state index is 9.78. The molecule has 5 heteroatoms. The van der Waals surface area contributed by atoms with Crippen LogP contribution in [0.5, 0.6) is 11.5 Å². The number of phenols is 1. The Kier molecular flexibility index (Phi) is 3.55. The first kappa shape index (κ1) is 13.2. The molecular weight excluding hydrogens is 266 g/mol. The fourth-order valence-corrected chi connectivity index (χ4v) is 2.18. The van der Waals surface area contributed by atoms with Crippen molar-refractivity contribution in [3.63, 3.8) is 0 Å². The standard InChI is InChI=1S/C16H15N3O2/c1-21-15-7-6-11(8-14(15)20)9-17-16-12-4-2-3-5-13(12)18-10-19-16/h2-8,10,20H,9H2,1H3,(H,17,18,19). The quantitative estimate of drug-likeness (QED) is 0.769. The van der Waals surface area contributed by atoms with Gasteiger partial charge in [0, 0.05) is 11.9 Å². The van der Waals surface area contributed by atoms with E-state index < -0.39 is 0 Å². The van der Waals surface area contributed by atoms with Crippen molar-refractivity contribution in [1.29, 1.82) is 0 Å². The van der Waals surface area contributed by atoms with E-state index in [4.69, 9.17) is 4.74 Å². The van der Waals surface area contributed by atoms with E-state index in [1.807, 2.05) is 30.3 Å². The number of aromatic hydroxyl groups is 1. The Balaban J connectivity index is 1.82. The first-order chi connectivity index (χ1) is 10.3. The molecule has 0 radical (unpaired) electrons. The highest BCUT2D eigenvalue weighted by atomic mass is 16.5. The number of anilines is 1. The third-order valence-corrected chi connectivity index (χ3v) is 3.25. The lowest BCUT2D eigenvalue weighted by Gasteiger charge is -2.09. The molecule has 0 aliphatic heterocycles. The number of methoxy groups -OCH3 is 1. The number of nitrogens with zero attached hydrogens (tertiary/aromatic N) is 2. The summed E-state index contributed by atoms with van der Waals surface area (Å²) in [6.07, 6.45) is 1.54. The number of benzene rings is 2. The second-order valence-corrected chi connectivity index (χ2v) is 4.60. The van der Waals surface area contributed by atoms with E-state index in [0.717, 1.165) is 22.3 Å². The average Bonchev–Trinajstić information content (AvgIpc) is 2.53. The Hall–Kier alpha value is -2.82. The van der Waals surface area contributed by atoms with Gasteiger partial charge in [-0.05, 0) is 29.8 Å². The zero-order chi connectivity index (χ0) is 14.7. The summed E-state index contributed by atoms with van der Waals surface area (Å²) in [7, 11) is 1.53. The fraction of sp³-hybridized carbons (Fsp3) is 0.125. The number of rotatable bonds is 4. The van der Waals surface area contributed by atoms with E-state index in [1.165, 1.54) is 13.4 Å². The molecule has 0 fully saturated rings. The molecule has 0 aliphatic carbocycles. The summed E-state index contributed by atoms with van der Waals surface area (Å²) >= 11 is 0. The summed E-state index contributed by atoms with van der Waals surface area (Å²) in [5, 5.41) is 14.0. The minimum absolute atomic E-state index is 0.129. The molecule has 21 heavy (non-hydrogen) atoms. The van der Waals surface area contributed by atoms with Crippen LogP contribution in [-0.4, -0.2) is 22.2 Å². The van der Waals surface area contributed by atoms with Gasteiger partial charge in [-0.2, -0.15) is 0 Å². The average molecular weight is 281 g/mol. The highest BCUT2D eigenvalue weighted by Crippen LogP contribution is 2.27. The van der Waals surface area contributed by atoms with E-state index in [1.54, 1.807) is 12.1 Å². The lowest BCUT2D eigenvalue weighted by atomic mass is 10.2. The molecule has 3 aromatic rings. The third-order valence-electron chi connectivity index (χ3n) is 3.25. The summed E-state index contributed by atoms with van der Waals surface area (Å²) in [5.74, 6) is 1.37. The van der Waals surface area contributed by atoms with Crippen LogP contribution in [0.25, 0.3) is 10.9 Å². The molecule has 3 rings (SSSR count). The number of hydrogen-bond acceptors (Lipinski definition) is 5. The first-order valence-electron chi connectivity index (χ1n) is 6.57. The zero-order valence-corrected chi connectivity index (χ0v) is 11.6. The number of para-hydroxylation sites is 1. The van der Waals surface area contributed by atoms with Crippen molar-refractivity contribution in [2.45, 2.75) is 6.54 Å².